The second kappa shape index (κ2) is 13.7. The zero-order valence-electron chi connectivity index (χ0n) is 19.0. The van der Waals surface area contributed by atoms with Gasteiger partial charge in [0.05, 0.1) is 12.4 Å². The maximum absolute atomic E-state index is 12.8. The highest BCUT2D eigenvalue weighted by atomic mass is 127. The molecule has 0 spiro atoms. The second-order valence-electron chi connectivity index (χ2n) is 7.49. The molecule has 8 nitrogen and oxygen atoms in total. The fourth-order valence-corrected chi connectivity index (χ4v) is 3.88. The van der Waals surface area contributed by atoms with E-state index in [4.69, 9.17) is 14.2 Å². The number of hydrogen-bond acceptors (Lipinski definition) is 8. The molecule has 10 heteroatoms. The molecule has 188 valence electrons. The molecule has 0 fully saturated rings. The van der Waals surface area contributed by atoms with Crippen LogP contribution in [0, 0.1) is 3.57 Å². The molecule has 36 heavy (non-hydrogen) atoms. The van der Waals surface area contributed by atoms with E-state index in [-0.39, 0.29) is 35.7 Å². The van der Waals surface area contributed by atoms with Crippen LogP contribution < -0.4 is 10.1 Å². The molecular formula is C26H24INO7S. The molecule has 0 bridgehead atoms. The number of rotatable bonds is 10. The lowest BCUT2D eigenvalue weighted by atomic mass is 10.0. The lowest BCUT2D eigenvalue weighted by Gasteiger charge is -2.28. The molecule has 0 unspecified atom stereocenters. The van der Waals surface area contributed by atoms with Gasteiger partial charge < -0.3 is 19.3 Å². The Morgan fingerprint density at radius 2 is 1.64 bits per heavy atom. The van der Waals surface area contributed by atoms with Crippen molar-refractivity contribution in [1.82, 2.24) is 5.32 Å². The molecule has 0 aromatic heterocycles. The van der Waals surface area contributed by atoms with Gasteiger partial charge in [0, 0.05) is 21.1 Å². The zero-order valence-corrected chi connectivity index (χ0v) is 22.1. The van der Waals surface area contributed by atoms with Crippen LogP contribution in [0.1, 0.15) is 28.4 Å². The number of hydrogen-bond donors (Lipinski definition) is 3. The van der Waals surface area contributed by atoms with Gasteiger partial charge in [0.15, 0.2) is 6.10 Å². The number of phenols is 1. The molecule has 0 aliphatic rings. The molecular weight excluding hydrogens is 597 g/mol. The number of phenolic OH excluding ortho intramolecular Hbond substituents is 1. The highest BCUT2D eigenvalue weighted by Crippen LogP contribution is 2.34. The van der Waals surface area contributed by atoms with Crippen molar-refractivity contribution in [1.29, 1.82) is 0 Å². The lowest BCUT2D eigenvalue weighted by molar-refractivity contribution is -0.141. The Bertz CT molecular complexity index is 1180. The first-order valence-electron chi connectivity index (χ1n) is 10.9. The van der Waals surface area contributed by atoms with Crippen LogP contribution in [0.2, 0.25) is 0 Å². The fraction of sp³-hybridized carbons (Fsp3) is 0.192. The van der Waals surface area contributed by atoms with Crippen molar-refractivity contribution in [2.45, 2.75) is 18.6 Å². The van der Waals surface area contributed by atoms with Gasteiger partial charge in [-0.15, -0.1) is 0 Å². The van der Waals surface area contributed by atoms with Crippen LogP contribution in [0.25, 0.3) is 0 Å². The van der Waals surface area contributed by atoms with Crippen LogP contribution in [0.3, 0.4) is 0 Å². The SMILES string of the molecule is O=C(CS)OCC[C@H](Oc1ccccc1)[C@@H](OC(=O)NC(=O)c1ccccc1)c1cc(I)ccc1O. The molecule has 2 atom stereocenters. The number of aromatic hydroxyl groups is 1. The average molecular weight is 621 g/mol. The minimum Gasteiger partial charge on any atom is -0.508 e. The maximum Gasteiger partial charge on any atom is 0.414 e. The molecule has 0 aliphatic heterocycles. The second-order valence-corrected chi connectivity index (χ2v) is 9.05. The van der Waals surface area contributed by atoms with Gasteiger partial charge in [-0.05, 0) is 65.1 Å². The molecule has 0 aliphatic carbocycles. The Morgan fingerprint density at radius 3 is 2.31 bits per heavy atom. The van der Waals surface area contributed by atoms with E-state index in [0.29, 0.717) is 5.75 Å². The van der Waals surface area contributed by atoms with Gasteiger partial charge in [-0.1, -0.05) is 36.4 Å². The minimum atomic E-state index is -1.15. The summed E-state index contributed by atoms with van der Waals surface area (Å²) >= 11 is 5.97. The predicted octanol–water partition coefficient (Wildman–Crippen LogP) is 4.92. The normalized spacial score (nSPS) is 12.2. The topological polar surface area (TPSA) is 111 Å². The number of alkyl carbamates (subject to hydrolysis) is 1. The van der Waals surface area contributed by atoms with Gasteiger partial charge in [0.1, 0.15) is 17.6 Å². The summed E-state index contributed by atoms with van der Waals surface area (Å²) in [5, 5.41) is 12.8. The largest absolute Gasteiger partial charge is 0.508 e. The molecule has 3 aromatic rings. The molecule has 0 radical (unpaired) electrons. The van der Waals surface area contributed by atoms with Crippen LogP contribution in [-0.4, -0.2) is 41.5 Å². The number of amides is 2. The van der Waals surface area contributed by atoms with Gasteiger partial charge in [-0.3, -0.25) is 14.9 Å². The quantitative estimate of drug-likeness (QED) is 0.168. The molecule has 3 aromatic carbocycles. The van der Waals surface area contributed by atoms with Crippen LogP contribution in [0.15, 0.2) is 78.9 Å². The summed E-state index contributed by atoms with van der Waals surface area (Å²) in [5.74, 6) is -0.905. The zero-order chi connectivity index (χ0) is 25.9. The summed E-state index contributed by atoms with van der Waals surface area (Å²) in [7, 11) is 0. The number of para-hydroxylation sites is 1. The average Bonchev–Trinajstić information content (AvgIpc) is 2.89. The van der Waals surface area contributed by atoms with Gasteiger partial charge in [-0.2, -0.15) is 12.6 Å². The summed E-state index contributed by atoms with van der Waals surface area (Å²) in [6, 6.07) is 21.8. The van der Waals surface area contributed by atoms with Crippen molar-refractivity contribution in [3.63, 3.8) is 0 Å². The van der Waals surface area contributed by atoms with Gasteiger partial charge in [-0.25, -0.2) is 4.79 Å². The Kier molecular flexibility index (Phi) is 10.4. The summed E-state index contributed by atoms with van der Waals surface area (Å²) in [6.45, 7) is -0.0496. The van der Waals surface area contributed by atoms with Crippen LogP contribution >= 0.6 is 35.2 Å². The third-order valence-corrected chi connectivity index (χ3v) is 5.87. The first-order chi connectivity index (χ1) is 17.4. The number of ether oxygens (including phenoxy) is 3. The fourth-order valence-electron chi connectivity index (χ4n) is 3.27. The molecule has 0 heterocycles. The number of benzene rings is 3. The van der Waals surface area contributed by atoms with Crippen LogP contribution in [-0.2, 0) is 14.3 Å². The number of thiol groups is 1. The number of nitrogens with one attached hydrogen (secondary N) is 1. The van der Waals surface area contributed by atoms with E-state index in [1.54, 1.807) is 66.7 Å². The van der Waals surface area contributed by atoms with Crippen molar-refractivity contribution in [2.75, 3.05) is 12.4 Å². The monoisotopic (exact) mass is 621 g/mol. The summed E-state index contributed by atoms with van der Waals surface area (Å²) in [6.07, 6.45) is -2.95. The summed E-state index contributed by atoms with van der Waals surface area (Å²) in [5.41, 5.74) is 0.546. The van der Waals surface area contributed by atoms with Crippen molar-refractivity contribution in [2.24, 2.45) is 0 Å². The third kappa shape index (κ3) is 8.16. The van der Waals surface area contributed by atoms with Crippen molar-refractivity contribution >= 4 is 53.2 Å². The van der Waals surface area contributed by atoms with E-state index in [1.165, 1.54) is 6.07 Å². The number of halogens is 1. The number of imide groups is 1. The predicted molar refractivity (Wildman–Crippen MR) is 144 cm³/mol. The number of carbonyl (C=O) groups is 3. The standard InChI is InChI=1S/C26H24INO7S/c27-18-11-12-21(29)20(15-18)24(35-26(32)28-25(31)17-7-3-1-4-8-17)22(13-14-33-23(30)16-36)34-19-9-5-2-6-10-19/h1-12,15,22,24,29,36H,13-14,16H2,(H,28,31,32)/t22-,24-/m0/s1. The van der Waals surface area contributed by atoms with E-state index in [9.17, 15) is 19.5 Å². The van der Waals surface area contributed by atoms with Crippen LogP contribution in [0.5, 0.6) is 11.5 Å². The number of carbonyl (C=O) groups excluding carboxylic acids is 3. The van der Waals surface area contributed by atoms with E-state index < -0.39 is 30.2 Å². The molecule has 2 N–H and O–H groups in total. The first-order valence-corrected chi connectivity index (χ1v) is 12.6. The van der Waals surface area contributed by atoms with E-state index in [0.717, 1.165) is 3.57 Å². The van der Waals surface area contributed by atoms with Gasteiger partial charge in [0.25, 0.3) is 5.91 Å². The molecule has 0 saturated heterocycles. The van der Waals surface area contributed by atoms with E-state index in [2.05, 4.69) is 40.5 Å². The van der Waals surface area contributed by atoms with Crippen molar-refractivity contribution in [3.8, 4) is 11.5 Å². The summed E-state index contributed by atoms with van der Waals surface area (Å²) in [4.78, 5) is 36.9. The summed E-state index contributed by atoms with van der Waals surface area (Å²) < 4.78 is 17.7. The Labute approximate surface area is 227 Å². The third-order valence-electron chi connectivity index (χ3n) is 4.94. The van der Waals surface area contributed by atoms with Crippen molar-refractivity contribution in [3.05, 3.63) is 93.6 Å². The Balaban J connectivity index is 1.89. The Morgan fingerprint density at radius 1 is 0.972 bits per heavy atom. The minimum absolute atomic E-state index is 0.0496. The van der Waals surface area contributed by atoms with Crippen molar-refractivity contribution < 1.29 is 33.7 Å². The molecule has 0 saturated carbocycles. The van der Waals surface area contributed by atoms with E-state index in [1.807, 2.05) is 6.07 Å². The van der Waals surface area contributed by atoms with Crippen LogP contribution in [0.4, 0.5) is 4.79 Å². The molecule has 3 rings (SSSR count). The smallest absolute Gasteiger partial charge is 0.414 e. The highest BCUT2D eigenvalue weighted by molar-refractivity contribution is 14.1. The highest BCUT2D eigenvalue weighted by Gasteiger charge is 2.32. The first kappa shape index (κ1) is 27.3. The maximum atomic E-state index is 12.8. The number of esters is 1. The lowest BCUT2D eigenvalue weighted by Crippen LogP contribution is -2.37. The van der Waals surface area contributed by atoms with Gasteiger partial charge in [0.2, 0.25) is 0 Å². The van der Waals surface area contributed by atoms with E-state index >= 15 is 0 Å². The van der Waals surface area contributed by atoms with Gasteiger partial charge >= 0.3 is 12.1 Å². The molecule has 2 amide bonds. The Hall–Kier alpha value is -3.25.